The minimum Gasteiger partial charge on any atom is -0.399 e. The molecule has 2 aromatic carbocycles. The lowest BCUT2D eigenvalue weighted by molar-refractivity contribution is -0.432. The average Bonchev–Trinajstić information content (AvgIpc) is 2.58. The molecule has 0 heterocycles. The van der Waals surface area contributed by atoms with Crippen molar-refractivity contribution in [3.8, 4) is 0 Å². The normalized spacial score (nSPS) is 11.8. The van der Waals surface area contributed by atoms with E-state index < -0.39 is 25.6 Å². The fraction of sp³-hybridized carbons (Fsp3) is 0. The number of nitro benzene ring substituents is 1. The first-order valence-corrected chi connectivity index (χ1v) is 8.89. The second kappa shape index (κ2) is 8.27. The number of hydrogen-bond acceptors (Lipinski definition) is 9. The highest BCUT2D eigenvalue weighted by atomic mass is 32.2. The molecule has 0 aliphatic carbocycles. The SMILES string of the molecule is Nc1ccc(/C=C/c2ccc([N+](=O)[O-])cc2S(=O)(=O)O)c(SOOO)c1. The number of nitrogen functional groups attached to an aromatic ring is 1. The zero-order valence-corrected chi connectivity index (χ0v) is 14.4. The van der Waals surface area contributed by atoms with Gasteiger partial charge in [0.25, 0.3) is 15.8 Å². The molecule has 0 fully saturated rings. The third-order valence-corrected chi connectivity index (χ3v) is 4.69. The number of nitrogens with two attached hydrogens (primary N) is 1. The van der Waals surface area contributed by atoms with Gasteiger partial charge in [-0.1, -0.05) is 23.3 Å². The molecule has 0 spiro atoms. The number of hydrogen-bond donors (Lipinski definition) is 3. The van der Waals surface area contributed by atoms with Crippen LogP contribution < -0.4 is 5.73 Å². The predicted molar refractivity (Wildman–Crippen MR) is 93.3 cm³/mol. The van der Waals surface area contributed by atoms with Gasteiger partial charge >= 0.3 is 0 Å². The number of nitrogens with zero attached hydrogens (tertiary/aromatic N) is 1. The van der Waals surface area contributed by atoms with Crippen molar-refractivity contribution in [3.63, 3.8) is 0 Å². The van der Waals surface area contributed by atoms with Crippen LogP contribution in [-0.2, 0) is 19.5 Å². The molecule has 2 rings (SSSR count). The van der Waals surface area contributed by atoms with E-state index in [1.54, 1.807) is 12.1 Å². The Morgan fingerprint density at radius 3 is 2.42 bits per heavy atom. The van der Waals surface area contributed by atoms with Crippen LogP contribution in [0.2, 0.25) is 0 Å². The molecular formula is C14H12N2O8S2. The van der Waals surface area contributed by atoms with Crippen molar-refractivity contribution in [2.75, 3.05) is 5.73 Å². The van der Waals surface area contributed by atoms with E-state index >= 15 is 0 Å². The zero-order chi connectivity index (χ0) is 19.3. The van der Waals surface area contributed by atoms with Crippen LogP contribution in [0.15, 0.2) is 46.2 Å². The topological polar surface area (TPSA) is 162 Å². The van der Waals surface area contributed by atoms with Crippen molar-refractivity contribution in [1.82, 2.24) is 0 Å². The van der Waals surface area contributed by atoms with Crippen molar-refractivity contribution >= 4 is 45.7 Å². The molecule has 10 nitrogen and oxygen atoms in total. The molecule has 0 amide bonds. The molecule has 0 atom stereocenters. The Hall–Kier alpha value is -2.48. The molecule has 0 aliphatic rings. The average molecular weight is 400 g/mol. The van der Waals surface area contributed by atoms with Crippen molar-refractivity contribution in [2.24, 2.45) is 0 Å². The summed E-state index contributed by atoms with van der Waals surface area (Å²) in [6.07, 6.45) is 2.81. The van der Waals surface area contributed by atoms with Crippen molar-refractivity contribution in [2.45, 2.75) is 9.79 Å². The summed E-state index contributed by atoms with van der Waals surface area (Å²) < 4.78 is 36.7. The maximum absolute atomic E-state index is 11.5. The first kappa shape index (κ1) is 19.8. The minimum absolute atomic E-state index is 0.0326. The monoisotopic (exact) mass is 400 g/mol. The van der Waals surface area contributed by atoms with Gasteiger partial charge in [-0.25, -0.2) is 5.26 Å². The first-order valence-electron chi connectivity index (χ1n) is 6.70. The molecule has 0 radical (unpaired) electrons. The Labute approximate surface area is 151 Å². The summed E-state index contributed by atoms with van der Waals surface area (Å²) in [5.74, 6) is 0. The highest BCUT2D eigenvalue weighted by Crippen LogP contribution is 2.29. The summed E-state index contributed by atoms with van der Waals surface area (Å²) >= 11 is 0.652. The van der Waals surface area contributed by atoms with Crippen LogP contribution in [0.25, 0.3) is 12.2 Å². The van der Waals surface area contributed by atoms with Crippen LogP contribution in [-0.4, -0.2) is 23.2 Å². The maximum atomic E-state index is 11.5. The van der Waals surface area contributed by atoms with Crippen molar-refractivity contribution in [3.05, 3.63) is 57.6 Å². The van der Waals surface area contributed by atoms with E-state index in [4.69, 9.17) is 11.0 Å². The van der Waals surface area contributed by atoms with Crippen molar-refractivity contribution in [1.29, 1.82) is 0 Å². The lowest BCUT2D eigenvalue weighted by Gasteiger charge is -2.06. The van der Waals surface area contributed by atoms with Crippen LogP contribution in [0.4, 0.5) is 11.4 Å². The fourth-order valence-electron chi connectivity index (χ4n) is 1.99. The summed E-state index contributed by atoms with van der Waals surface area (Å²) in [5.41, 5.74) is 6.13. The minimum atomic E-state index is -4.68. The molecule has 12 heteroatoms. The van der Waals surface area contributed by atoms with Gasteiger partial charge in [0, 0.05) is 22.7 Å². The molecule has 0 unspecified atom stereocenters. The maximum Gasteiger partial charge on any atom is 0.295 e. The summed E-state index contributed by atoms with van der Waals surface area (Å²) in [7, 11) is -4.68. The van der Waals surface area contributed by atoms with E-state index in [1.165, 1.54) is 24.3 Å². The Morgan fingerprint density at radius 1 is 1.15 bits per heavy atom. The molecule has 0 saturated carbocycles. The largest absolute Gasteiger partial charge is 0.399 e. The molecule has 0 aliphatic heterocycles. The van der Waals surface area contributed by atoms with Crippen LogP contribution in [0.1, 0.15) is 11.1 Å². The zero-order valence-electron chi connectivity index (χ0n) is 12.8. The Bertz CT molecular complexity index is 959. The number of non-ortho nitro benzene ring substituents is 1. The molecule has 0 aromatic heterocycles. The van der Waals surface area contributed by atoms with Gasteiger partial charge in [0.1, 0.15) is 4.90 Å². The van der Waals surface area contributed by atoms with Crippen LogP contribution >= 0.6 is 12.0 Å². The lowest BCUT2D eigenvalue weighted by atomic mass is 10.1. The third kappa shape index (κ3) is 5.01. The van der Waals surface area contributed by atoms with E-state index in [1.807, 2.05) is 0 Å². The number of benzene rings is 2. The lowest BCUT2D eigenvalue weighted by Crippen LogP contribution is -2.02. The van der Waals surface area contributed by atoms with E-state index in [0.29, 0.717) is 28.2 Å². The summed E-state index contributed by atoms with van der Waals surface area (Å²) in [6.45, 7) is 0. The van der Waals surface area contributed by atoms with E-state index in [0.717, 1.165) is 12.1 Å². The molecule has 0 saturated heterocycles. The van der Waals surface area contributed by atoms with Gasteiger partial charge in [-0.2, -0.15) is 8.42 Å². The second-order valence-corrected chi connectivity index (χ2v) is 6.94. The highest BCUT2D eigenvalue weighted by Gasteiger charge is 2.19. The van der Waals surface area contributed by atoms with Gasteiger partial charge in [0.2, 0.25) is 0 Å². The van der Waals surface area contributed by atoms with E-state index in [9.17, 15) is 23.1 Å². The number of anilines is 1. The van der Waals surface area contributed by atoms with Crippen LogP contribution in [0, 0.1) is 10.1 Å². The summed E-state index contributed by atoms with van der Waals surface area (Å²) in [6, 6.07) is 7.74. The van der Waals surface area contributed by atoms with Gasteiger partial charge in [-0.15, -0.1) is 4.33 Å². The summed E-state index contributed by atoms with van der Waals surface area (Å²) in [4.78, 5) is 9.85. The molecule has 26 heavy (non-hydrogen) atoms. The highest BCUT2D eigenvalue weighted by molar-refractivity contribution is 7.94. The third-order valence-electron chi connectivity index (χ3n) is 3.12. The van der Waals surface area contributed by atoms with Crippen LogP contribution in [0.3, 0.4) is 0 Å². The van der Waals surface area contributed by atoms with Crippen molar-refractivity contribution < 1.29 is 32.5 Å². The quantitative estimate of drug-likeness (QED) is 0.120. The van der Waals surface area contributed by atoms with Gasteiger partial charge in [0.15, 0.2) is 0 Å². The molecular weight excluding hydrogens is 388 g/mol. The molecule has 2 aromatic rings. The fourth-order valence-corrected chi connectivity index (χ4v) is 3.21. The van der Waals surface area contributed by atoms with Gasteiger partial charge < -0.3 is 5.73 Å². The van der Waals surface area contributed by atoms with E-state index in [-0.39, 0.29) is 5.56 Å². The Balaban J connectivity index is 2.47. The van der Waals surface area contributed by atoms with Gasteiger partial charge in [-0.3, -0.25) is 14.7 Å². The standard InChI is InChI=1S/C14H12N2O8S2/c15-11-5-3-9(13(7-11)25-24-23-19)1-2-10-4-6-12(16(17)18)8-14(10)26(20,21)22/h1-8,19H,15H2,(H,20,21,22)/b2-1+. The predicted octanol–water partition coefficient (Wildman–Crippen LogP) is 3.02. The molecule has 4 N–H and O–H groups in total. The Morgan fingerprint density at radius 2 is 1.81 bits per heavy atom. The molecule has 138 valence electrons. The van der Waals surface area contributed by atoms with Gasteiger partial charge in [0.05, 0.1) is 17.0 Å². The molecule has 0 bridgehead atoms. The van der Waals surface area contributed by atoms with E-state index in [2.05, 4.69) is 9.37 Å². The number of rotatable bonds is 7. The smallest absolute Gasteiger partial charge is 0.295 e. The van der Waals surface area contributed by atoms with Crippen LogP contribution in [0.5, 0.6) is 0 Å². The summed E-state index contributed by atoms with van der Waals surface area (Å²) in [5, 5.41) is 22.6. The number of nitro groups is 1. The Kier molecular flexibility index (Phi) is 6.31. The first-order chi connectivity index (χ1) is 12.2. The van der Waals surface area contributed by atoms with Gasteiger partial charge in [-0.05, 0) is 29.3 Å². The second-order valence-electron chi connectivity index (χ2n) is 4.81.